The number of amides is 1. The van der Waals surface area contributed by atoms with Gasteiger partial charge in [-0.1, -0.05) is 22.4 Å². The van der Waals surface area contributed by atoms with Gasteiger partial charge in [0.15, 0.2) is 11.5 Å². The zero-order valence-electron chi connectivity index (χ0n) is 14.1. The number of likely N-dealkylation sites (tertiary alicyclic amines) is 1. The minimum atomic E-state index is 0. The Labute approximate surface area is 162 Å². The Morgan fingerprint density at radius 2 is 2.08 bits per heavy atom. The molecule has 2 heterocycles. The topological polar surface area (TPSA) is 76.8 Å². The van der Waals surface area contributed by atoms with Crippen LogP contribution in [0.2, 0.25) is 0 Å². The van der Waals surface area contributed by atoms with Crippen molar-refractivity contribution in [2.24, 2.45) is 5.73 Å². The second-order valence-electron chi connectivity index (χ2n) is 6.26. The van der Waals surface area contributed by atoms with Gasteiger partial charge in [-0.05, 0) is 37.1 Å². The lowest BCUT2D eigenvalue weighted by Gasteiger charge is -2.36. The Hall–Kier alpha value is -1.02. The first-order chi connectivity index (χ1) is 11.7. The Balaban J connectivity index is 0.00000225. The van der Waals surface area contributed by atoms with Crippen molar-refractivity contribution in [2.45, 2.75) is 38.3 Å². The summed E-state index contributed by atoms with van der Waals surface area (Å²) >= 11 is 3.63. The molecule has 1 unspecified atom stereocenters. The van der Waals surface area contributed by atoms with Gasteiger partial charge < -0.3 is 20.5 Å². The van der Waals surface area contributed by atoms with E-state index in [1.165, 1.54) is 18.4 Å². The third-order valence-electron chi connectivity index (χ3n) is 4.57. The highest BCUT2D eigenvalue weighted by molar-refractivity contribution is 9.10. The Kier molecular flexibility index (Phi) is 7.81. The van der Waals surface area contributed by atoms with Crippen LogP contribution in [-0.4, -0.2) is 43.3 Å². The van der Waals surface area contributed by atoms with E-state index in [-0.39, 0.29) is 25.1 Å². The van der Waals surface area contributed by atoms with Crippen molar-refractivity contribution in [2.75, 3.05) is 26.4 Å². The lowest BCUT2D eigenvalue weighted by molar-refractivity contribution is -0.121. The summed E-state index contributed by atoms with van der Waals surface area (Å²) in [4.78, 5) is 14.1. The third kappa shape index (κ3) is 5.23. The second-order valence-corrected chi connectivity index (χ2v) is 7.11. The number of nitrogens with two attached hydrogens (primary N) is 1. The average molecular weight is 435 g/mol. The number of ether oxygens (including phenoxy) is 2. The fourth-order valence-electron chi connectivity index (χ4n) is 3.25. The number of hydrogen-bond donors (Lipinski definition) is 2. The van der Waals surface area contributed by atoms with E-state index in [0.29, 0.717) is 25.6 Å². The Morgan fingerprint density at radius 1 is 1.32 bits per heavy atom. The first kappa shape index (κ1) is 20.3. The van der Waals surface area contributed by atoms with Crippen LogP contribution in [0.15, 0.2) is 16.6 Å². The molecule has 1 aromatic carbocycles. The van der Waals surface area contributed by atoms with Crippen LogP contribution in [0.1, 0.15) is 31.2 Å². The zero-order valence-corrected chi connectivity index (χ0v) is 16.5. The molecule has 2 aliphatic rings. The van der Waals surface area contributed by atoms with E-state index in [1.807, 2.05) is 12.1 Å². The van der Waals surface area contributed by atoms with E-state index in [1.54, 1.807) is 0 Å². The van der Waals surface area contributed by atoms with Crippen LogP contribution in [0.3, 0.4) is 0 Å². The summed E-state index contributed by atoms with van der Waals surface area (Å²) in [5, 5.41) is 3.01. The van der Waals surface area contributed by atoms with Gasteiger partial charge in [-0.2, -0.15) is 0 Å². The average Bonchev–Trinajstić information content (AvgIpc) is 3.01. The zero-order chi connectivity index (χ0) is 16.9. The van der Waals surface area contributed by atoms with Gasteiger partial charge in [0.2, 0.25) is 12.7 Å². The fourth-order valence-corrected chi connectivity index (χ4v) is 3.70. The minimum Gasteiger partial charge on any atom is -0.454 e. The Morgan fingerprint density at radius 3 is 2.84 bits per heavy atom. The molecule has 1 fully saturated rings. The predicted molar refractivity (Wildman–Crippen MR) is 102 cm³/mol. The smallest absolute Gasteiger partial charge is 0.231 e. The van der Waals surface area contributed by atoms with Crippen molar-refractivity contribution in [3.63, 3.8) is 0 Å². The van der Waals surface area contributed by atoms with Crippen molar-refractivity contribution in [1.82, 2.24) is 10.2 Å². The molecule has 1 amide bonds. The molecule has 2 aliphatic heterocycles. The SMILES string of the molecule is Cl.NCCC(=O)NCC1CCCCN1Cc1cc2c(cc1Br)OCO2. The minimum absolute atomic E-state index is 0. The summed E-state index contributed by atoms with van der Waals surface area (Å²) in [6.45, 7) is 3.23. The first-order valence-electron chi connectivity index (χ1n) is 8.46. The summed E-state index contributed by atoms with van der Waals surface area (Å²) in [5.74, 6) is 1.63. The van der Waals surface area contributed by atoms with E-state index in [2.05, 4.69) is 26.1 Å². The van der Waals surface area contributed by atoms with Crippen molar-refractivity contribution >= 4 is 34.2 Å². The molecule has 0 radical (unpaired) electrons. The highest BCUT2D eigenvalue weighted by Crippen LogP contribution is 2.37. The number of rotatable bonds is 6. The fraction of sp³-hybridized carbons (Fsp3) is 0.588. The number of hydrogen-bond acceptors (Lipinski definition) is 5. The molecule has 0 spiro atoms. The normalized spacial score (nSPS) is 19.4. The molecule has 6 nitrogen and oxygen atoms in total. The van der Waals surface area contributed by atoms with Crippen LogP contribution in [-0.2, 0) is 11.3 Å². The summed E-state index contributed by atoms with van der Waals surface area (Å²) < 4.78 is 11.9. The summed E-state index contributed by atoms with van der Waals surface area (Å²) in [5.41, 5.74) is 6.61. The summed E-state index contributed by atoms with van der Waals surface area (Å²) in [6, 6.07) is 4.38. The molecule has 0 aliphatic carbocycles. The van der Waals surface area contributed by atoms with Crippen molar-refractivity contribution in [3.05, 3.63) is 22.2 Å². The predicted octanol–water partition coefficient (Wildman–Crippen LogP) is 2.42. The first-order valence-corrected chi connectivity index (χ1v) is 9.25. The molecule has 1 atom stereocenters. The number of fused-ring (bicyclic) bond motifs is 1. The van der Waals surface area contributed by atoms with Crippen LogP contribution >= 0.6 is 28.3 Å². The van der Waals surface area contributed by atoms with Crippen molar-refractivity contribution in [1.29, 1.82) is 0 Å². The standard InChI is InChI=1S/C17H24BrN3O3.ClH/c18-14-8-16-15(23-11-24-16)7-12(14)10-21-6-2-1-3-13(21)9-20-17(22)4-5-19;/h7-8,13H,1-6,9-11,19H2,(H,20,22);1H. The molecule has 25 heavy (non-hydrogen) atoms. The quantitative estimate of drug-likeness (QED) is 0.719. The van der Waals surface area contributed by atoms with Gasteiger partial charge >= 0.3 is 0 Å². The van der Waals surface area contributed by atoms with Crippen LogP contribution in [0.25, 0.3) is 0 Å². The summed E-state index contributed by atoms with van der Waals surface area (Å²) in [7, 11) is 0. The number of piperidine rings is 1. The molecule has 1 saturated heterocycles. The van der Waals surface area contributed by atoms with Gasteiger partial charge in [0.05, 0.1) is 0 Å². The molecular formula is C17H25BrClN3O3. The number of halogens is 2. The highest BCUT2D eigenvalue weighted by atomic mass is 79.9. The van der Waals surface area contributed by atoms with Gasteiger partial charge in [-0.15, -0.1) is 12.4 Å². The van der Waals surface area contributed by atoms with Crippen LogP contribution < -0.4 is 20.5 Å². The monoisotopic (exact) mass is 433 g/mol. The molecule has 1 aromatic rings. The van der Waals surface area contributed by atoms with Crippen molar-refractivity contribution in [3.8, 4) is 11.5 Å². The maximum atomic E-state index is 11.7. The summed E-state index contributed by atoms with van der Waals surface area (Å²) in [6.07, 6.45) is 3.89. The molecule has 0 saturated carbocycles. The van der Waals surface area contributed by atoms with E-state index < -0.39 is 0 Å². The van der Waals surface area contributed by atoms with Crippen LogP contribution in [0.5, 0.6) is 11.5 Å². The number of nitrogens with zero attached hydrogens (tertiary/aromatic N) is 1. The molecule has 0 bridgehead atoms. The second kappa shape index (κ2) is 9.62. The molecule has 0 aromatic heterocycles. The molecule has 8 heteroatoms. The third-order valence-corrected chi connectivity index (χ3v) is 5.31. The number of benzene rings is 1. The maximum absolute atomic E-state index is 11.7. The van der Waals surface area contributed by atoms with E-state index >= 15 is 0 Å². The van der Waals surface area contributed by atoms with E-state index in [9.17, 15) is 4.79 Å². The van der Waals surface area contributed by atoms with E-state index in [0.717, 1.165) is 35.5 Å². The van der Waals surface area contributed by atoms with Crippen molar-refractivity contribution < 1.29 is 14.3 Å². The number of carbonyl (C=O) groups excluding carboxylic acids is 1. The van der Waals surface area contributed by atoms with Gasteiger partial charge in [0.25, 0.3) is 0 Å². The number of carbonyl (C=O) groups is 1. The van der Waals surface area contributed by atoms with Gasteiger partial charge in [0, 0.05) is 36.6 Å². The van der Waals surface area contributed by atoms with Gasteiger partial charge in [-0.25, -0.2) is 0 Å². The van der Waals surface area contributed by atoms with Gasteiger partial charge in [-0.3, -0.25) is 9.69 Å². The van der Waals surface area contributed by atoms with Gasteiger partial charge in [0.1, 0.15) is 0 Å². The Bertz CT molecular complexity index is 603. The lowest BCUT2D eigenvalue weighted by Crippen LogP contribution is -2.46. The van der Waals surface area contributed by atoms with E-state index in [4.69, 9.17) is 15.2 Å². The molecule has 140 valence electrons. The largest absolute Gasteiger partial charge is 0.454 e. The van der Waals surface area contributed by atoms with Crippen LogP contribution in [0.4, 0.5) is 0 Å². The highest BCUT2D eigenvalue weighted by Gasteiger charge is 2.25. The molecule has 3 N–H and O–H groups in total. The molecule has 3 rings (SSSR count). The lowest BCUT2D eigenvalue weighted by atomic mass is 10.0. The maximum Gasteiger partial charge on any atom is 0.231 e. The number of nitrogens with one attached hydrogen (secondary N) is 1. The molecular weight excluding hydrogens is 410 g/mol. The van der Waals surface area contributed by atoms with Crippen LogP contribution in [0, 0.1) is 0 Å².